The number of rotatable bonds is 8. The Hall–Kier alpha value is -1.67. The van der Waals surface area contributed by atoms with Crippen LogP contribution in [0.15, 0.2) is 18.2 Å². The van der Waals surface area contributed by atoms with Gasteiger partial charge < -0.3 is 25.8 Å². The van der Waals surface area contributed by atoms with Crippen molar-refractivity contribution >= 4 is 11.6 Å². The maximum atomic E-state index is 13.2. The van der Waals surface area contributed by atoms with Crippen molar-refractivity contribution in [3.05, 3.63) is 29.3 Å². The molecule has 1 amide bonds. The Morgan fingerprint density at radius 2 is 2.19 bits per heavy atom. The number of benzene rings is 1. The molecule has 0 radical (unpaired) electrons. The maximum absolute atomic E-state index is 13.2. The second-order valence-corrected chi connectivity index (χ2v) is 9.54. The van der Waals surface area contributed by atoms with Crippen LogP contribution >= 0.6 is 0 Å². The molecule has 0 saturated carbocycles. The van der Waals surface area contributed by atoms with Crippen molar-refractivity contribution in [1.29, 1.82) is 0 Å². The number of fused-ring (bicyclic) bond motifs is 1. The third-order valence-corrected chi connectivity index (χ3v) is 7.12. The molecule has 2 fully saturated rings. The number of nitrogens with one attached hydrogen (secondary N) is 4. The van der Waals surface area contributed by atoms with Crippen molar-refractivity contribution < 1.29 is 14.6 Å². The monoisotopic (exact) mass is 430 g/mol. The molecule has 0 aliphatic carbocycles. The predicted octanol–water partition coefficient (Wildman–Crippen LogP) is 1.68. The fourth-order valence-corrected chi connectivity index (χ4v) is 5.30. The van der Waals surface area contributed by atoms with E-state index in [4.69, 9.17) is 4.74 Å². The summed E-state index contributed by atoms with van der Waals surface area (Å²) >= 11 is 0. The normalized spacial score (nSPS) is 29.8. The van der Waals surface area contributed by atoms with Crippen LogP contribution in [-0.2, 0) is 16.0 Å². The Morgan fingerprint density at radius 3 is 2.94 bits per heavy atom. The zero-order valence-electron chi connectivity index (χ0n) is 18.8. The van der Waals surface area contributed by atoms with E-state index >= 15 is 0 Å². The van der Waals surface area contributed by atoms with Gasteiger partial charge in [-0.1, -0.05) is 25.1 Å². The highest BCUT2D eigenvalue weighted by molar-refractivity contribution is 5.88. The molecule has 31 heavy (non-hydrogen) atoms. The van der Waals surface area contributed by atoms with Gasteiger partial charge in [0, 0.05) is 36.8 Å². The van der Waals surface area contributed by atoms with Crippen LogP contribution in [0.4, 0.5) is 5.69 Å². The maximum Gasteiger partial charge on any atom is 0.243 e. The van der Waals surface area contributed by atoms with Gasteiger partial charge in [-0.2, -0.15) is 0 Å². The molecule has 3 aliphatic rings. The first-order valence-electron chi connectivity index (χ1n) is 11.9. The minimum Gasteiger partial charge on any atom is -0.380 e. The van der Waals surface area contributed by atoms with Gasteiger partial charge in [0.2, 0.25) is 5.91 Å². The molecule has 6 atom stereocenters. The number of hydrogen-bond acceptors (Lipinski definition) is 6. The Balaban J connectivity index is 1.37. The van der Waals surface area contributed by atoms with Crippen molar-refractivity contribution in [3.63, 3.8) is 0 Å². The number of aliphatic hydroxyl groups is 1. The topological polar surface area (TPSA) is 94.7 Å². The quantitative estimate of drug-likeness (QED) is 0.403. The van der Waals surface area contributed by atoms with Crippen LogP contribution in [0, 0.1) is 12.8 Å². The van der Waals surface area contributed by atoms with E-state index in [0.717, 1.165) is 44.5 Å². The van der Waals surface area contributed by atoms with Gasteiger partial charge in [0.15, 0.2) is 0 Å². The highest BCUT2D eigenvalue weighted by Gasteiger charge is 2.34. The van der Waals surface area contributed by atoms with Crippen molar-refractivity contribution in [2.75, 3.05) is 25.1 Å². The van der Waals surface area contributed by atoms with Gasteiger partial charge in [-0.3, -0.25) is 10.1 Å². The van der Waals surface area contributed by atoms with Crippen LogP contribution in [0.25, 0.3) is 0 Å². The van der Waals surface area contributed by atoms with Gasteiger partial charge in [0.05, 0.1) is 6.61 Å². The second kappa shape index (κ2) is 10.3. The summed E-state index contributed by atoms with van der Waals surface area (Å²) in [5, 5.41) is 24.2. The molecule has 1 aromatic carbocycles. The van der Waals surface area contributed by atoms with Gasteiger partial charge in [-0.25, -0.2) is 0 Å². The first-order chi connectivity index (χ1) is 15.0. The molecule has 3 heterocycles. The van der Waals surface area contributed by atoms with E-state index in [2.05, 4.69) is 53.3 Å². The van der Waals surface area contributed by atoms with Crippen LogP contribution in [0.3, 0.4) is 0 Å². The van der Waals surface area contributed by atoms with Crippen LogP contribution in [-0.4, -0.2) is 61.2 Å². The van der Waals surface area contributed by atoms with Crippen molar-refractivity contribution in [3.8, 4) is 0 Å². The summed E-state index contributed by atoms with van der Waals surface area (Å²) in [7, 11) is 0. The van der Waals surface area contributed by atoms with Crippen molar-refractivity contribution in [2.45, 2.75) is 82.8 Å². The minimum atomic E-state index is -0.582. The van der Waals surface area contributed by atoms with E-state index in [1.807, 2.05) is 0 Å². The highest BCUT2D eigenvalue weighted by Crippen LogP contribution is 2.29. The summed E-state index contributed by atoms with van der Waals surface area (Å²) in [6.07, 6.45) is 4.74. The molecule has 0 spiro atoms. The Labute approximate surface area is 185 Å². The van der Waals surface area contributed by atoms with Crippen molar-refractivity contribution in [2.24, 2.45) is 5.92 Å². The second-order valence-electron chi connectivity index (χ2n) is 9.54. The smallest absolute Gasteiger partial charge is 0.243 e. The number of piperidine rings is 1. The summed E-state index contributed by atoms with van der Waals surface area (Å²) in [5.74, 6) is 0.537. The SMILES string of the molecule is Cc1cccc2c1NC(C(=O)NC(CCC(O)NC1CCOC1)C1NCCCC1C)C2. The van der Waals surface area contributed by atoms with E-state index < -0.39 is 6.23 Å². The highest BCUT2D eigenvalue weighted by atomic mass is 16.5. The van der Waals surface area contributed by atoms with Gasteiger partial charge in [-0.15, -0.1) is 0 Å². The molecule has 7 heteroatoms. The number of anilines is 1. The number of aryl methyl sites for hydroxylation is 1. The average molecular weight is 431 g/mol. The van der Waals surface area contributed by atoms with Gasteiger partial charge in [-0.05, 0) is 62.6 Å². The third-order valence-electron chi connectivity index (χ3n) is 7.12. The number of hydrogen-bond donors (Lipinski definition) is 5. The molecule has 1 aromatic rings. The lowest BCUT2D eigenvalue weighted by Gasteiger charge is -2.37. The summed E-state index contributed by atoms with van der Waals surface area (Å²) in [6.45, 7) is 6.72. The average Bonchev–Trinajstić information content (AvgIpc) is 3.42. The van der Waals surface area contributed by atoms with Crippen LogP contribution in [0.1, 0.15) is 50.2 Å². The van der Waals surface area contributed by atoms with Crippen LogP contribution < -0.4 is 21.3 Å². The summed E-state index contributed by atoms with van der Waals surface area (Å²) in [6, 6.07) is 6.42. The van der Waals surface area contributed by atoms with Crippen LogP contribution in [0.5, 0.6) is 0 Å². The number of aliphatic hydroxyl groups excluding tert-OH is 1. The summed E-state index contributed by atoms with van der Waals surface area (Å²) < 4.78 is 5.39. The van der Waals surface area contributed by atoms with Gasteiger partial charge >= 0.3 is 0 Å². The van der Waals surface area contributed by atoms with E-state index in [-0.39, 0.29) is 30.1 Å². The minimum absolute atomic E-state index is 0.00862. The molecule has 0 bridgehead atoms. The summed E-state index contributed by atoms with van der Waals surface area (Å²) in [5.41, 5.74) is 3.48. The largest absolute Gasteiger partial charge is 0.380 e. The van der Waals surface area contributed by atoms with E-state index in [1.165, 1.54) is 17.5 Å². The standard InChI is InChI=1S/C24H38N4O3/c1-15-5-3-7-17-13-20(27-22(15)17)24(30)28-19(23-16(2)6-4-11-25-23)8-9-21(29)26-18-10-12-31-14-18/h3,5,7,16,18-21,23,25-27,29H,4,6,8-14H2,1-2H3,(H,28,30). The molecule has 0 aromatic heterocycles. The lowest BCUT2D eigenvalue weighted by molar-refractivity contribution is -0.122. The number of para-hydroxylation sites is 1. The molecule has 172 valence electrons. The first-order valence-corrected chi connectivity index (χ1v) is 11.9. The lowest BCUT2D eigenvalue weighted by atomic mass is 9.85. The molecule has 7 nitrogen and oxygen atoms in total. The Kier molecular flexibility index (Phi) is 7.48. The number of ether oxygens (including phenoxy) is 1. The fraction of sp³-hybridized carbons (Fsp3) is 0.708. The number of carbonyl (C=O) groups excluding carboxylic acids is 1. The van der Waals surface area contributed by atoms with E-state index in [0.29, 0.717) is 18.9 Å². The first kappa shape index (κ1) is 22.5. The fourth-order valence-electron chi connectivity index (χ4n) is 5.30. The van der Waals surface area contributed by atoms with Crippen molar-refractivity contribution in [1.82, 2.24) is 16.0 Å². The zero-order chi connectivity index (χ0) is 21.8. The third kappa shape index (κ3) is 5.58. The molecule has 3 aliphatic heterocycles. The lowest BCUT2D eigenvalue weighted by Crippen LogP contribution is -2.57. The number of carbonyl (C=O) groups is 1. The van der Waals surface area contributed by atoms with E-state index in [1.54, 1.807) is 0 Å². The zero-order valence-corrected chi connectivity index (χ0v) is 18.8. The molecule has 5 N–H and O–H groups in total. The molecular formula is C24H38N4O3. The van der Waals surface area contributed by atoms with Crippen LogP contribution in [0.2, 0.25) is 0 Å². The Bertz CT molecular complexity index is 752. The van der Waals surface area contributed by atoms with E-state index in [9.17, 15) is 9.90 Å². The predicted molar refractivity (Wildman–Crippen MR) is 122 cm³/mol. The van der Waals surface area contributed by atoms with Gasteiger partial charge in [0.1, 0.15) is 12.3 Å². The molecule has 2 saturated heterocycles. The number of amides is 1. The molecule has 4 rings (SSSR count). The Morgan fingerprint density at radius 1 is 1.32 bits per heavy atom. The van der Waals surface area contributed by atoms with Gasteiger partial charge in [0.25, 0.3) is 0 Å². The molecular weight excluding hydrogens is 392 g/mol. The summed E-state index contributed by atoms with van der Waals surface area (Å²) in [4.78, 5) is 13.2. The molecule has 6 unspecified atom stereocenters.